The van der Waals surface area contributed by atoms with E-state index in [1.165, 1.54) is 6.92 Å². The molecule has 6 nitrogen and oxygen atoms in total. The highest BCUT2D eigenvalue weighted by Crippen LogP contribution is 2.18. The average molecular weight is 359 g/mol. The molecule has 0 unspecified atom stereocenters. The Balaban J connectivity index is 1.71. The van der Waals surface area contributed by atoms with Crippen LogP contribution in [0.4, 0.5) is 8.78 Å². The van der Waals surface area contributed by atoms with Crippen LogP contribution in [0.1, 0.15) is 19.8 Å². The smallest absolute Gasteiger partial charge is 0.279 e. The molecule has 1 fully saturated rings. The van der Waals surface area contributed by atoms with Gasteiger partial charge in [0.25, 0.3) is 5.91 Å². The minimum atomic E-state index is -1.00. The van der Waals surface area contributed by atoms with Crippen molar-refractivity contribution in [3.63, 3.8) is 0 Å². The molecular formula is C15H19F2N3O3S. The molecular weight excluding hydrogens is 340 g/mol. The number of benzene rings is 1. The van der Waals surface area contributed by atoms with Crippen molar-refractivity contribution < 1.29 is 23.0 Å². The molecule has 2 rings (SSSR count). The Hall–Kier alpha value is -2.00. The average Bonchev–Trinajstić information content (AvgIpc) is 3.06. The van der Waals surface area contributed by atoms with E-state index in [0.717, 1.165) is 31.6 Å². The summed E-state index contributed by atoms with van der Waals surface area (Å²) in [6, 6.07) is 2.85. The molecule has 1 aliphatic rings. The molecule has 0 aliphatic carbocycles. The Bertz CT molecular complexity index is 597. The Morgan fingerprint density at radius 2 is 2.25 bits per heavy atom. The number of carbonyl (C=O) groups is 1. The van der Waals surface area contributed by atoms with Gasteiger partial charge in [-0.05, 0) is 44.1 Å². The van der Waals surface area contributed by atoms with E-state index in [4.69, 9.17) is 21.7 Å². The number of thiocarbonyl (C=S) groups is 1. The van der Waals surface area contributed by atoms with Crippen LogP contribution in [0.15, 0.2) is 18.2 Å². The number of hydrazine groups is 1. The van der Waals surface area contributed by atoms with Gasteiger partial charge >= 0.3 is 0 Å². The maximum Gasteiger partial charge on any atom is 0.279 e. The highest BCUT2D eigenvalue weighted by Gasteiger charge is 2.18. The summed E-state index contributed by atoms with van der Waals surface area (Å²) in [4.78, 5) is 11.9. The van der Waals surface area contributed by atoms with Gasteiger partial charge in [0.15, 0.2) is 22.8 Å². The molecule has 1 saturated heterocycles. The van der Waals surface area contributed by atoms with Gasteiger partial charge in [-0.15, -0.1) is 0 Å². The predicted molar refractivity (Wildman–Crippen MR) is 87.3 cm³/mol. The fraction of sp³-hybridized carbons (Fsp3) is 0.467. The van der Waals surface area contributed by atoms with Crippen molar-refractivity contribution in [1.82, 2.24) is 16.2 Å². The quantitative estimate of drug-likeness (QED) is 0.545. The molecule has 0 aromatic heterocycles. The van der Waals surface area contributed by atoms with Crippen LogP contribution in [0, 0.1) is 11.6 Å². The van der Waals surface area contributed by atoms with Crippen molar-refractivity contribution in [2.45, 2.75) is 32.0 Å². The minimum absolute atomic E-state index is 0.115. The third-order valence-corrected chi connectivity index (χ3v) is 3.63. The van der Waals surface area contributed by atoms with Crippen molar-refractivity contribution in [2.24, 2.45) is 0 Å². The monoisotopic (exact) mass is 359 g/mol. The van der Waals surface area contributed by atoms with E-state index < -0.39 is 23.6 Å². The van der Waals surface area contributed by atoms with E-state index in [9.17, 15) is 13.6 Å². The zero-order chi connectivity index (χ0) is 17.5. The van der Waals surface area contributed by atoms with E-state index in [2.05, 4.69) is 16.2 Å². The molecule has 0 bridgehead atoms. The number of nitrogens with one attached hydrogen (secondary N) is 3. The predicted octanol–water partition coefficient (Wildman–Crippen LogP) is 1.41. The van der Waals surface area contributed by atoms with Gasteiger partial charge in [-0.1, -0.05) is 0 Å². The molecule has 24 heavy (non-hydrogen) atoms. The molecule has 2 atom stereocenters. The Morgan fingerprint density at radius 3 is 2.92 bits per heavy atom. The second kappa shape index (κ2) is 8.74. The first-order valence-electron chi connectivity index (χ1n) is 7.52. The fourth-order valence-corrected chi connectivity index (χ4v) is 2.23. The number of hydrogen-bond acceptors (Lipinski definition) is 4. The first-order chi connectivity index (χ1) is 11.5. The third kappa shape index (κ3) is 5.57. The van der Waals surface area contributed by atoms with Crippen LogP contribution in [0.5, 0.6) is 5.75 Å². The van der Waals surface area contributed by atoms with Gasteiger partial charge in [-0.2, -0.15) is 0 Å². The molecule has 1 amide bonds. The fourth-order valence-electron chi connectivity index (χ4n) is 2.09. The molecule has 1 aromatic carbocycles. The molecule has 1 aromatic rings. The number of ether oxygens (including phenoxy) is 2. The maximum atomic E-state index is 13.5. The second-order valence-electron chi connectivity index (χ2n) is 5.29. The first-order valence-corrected chi connectivity index (χ1v) is 7.93. The second-order valence-corrected chi connectivity index (χ2v) is 5.70. The van der Waals surface area contributed by atoms with Gasteiger partial charge in [-0.3, -0.25) is 15.6 Å². The molecule has 1 aliphatic heterocycles. The molecule has 1 heterocycles. The van der Waals surface area contributed by atoms with Gasteiger partial charge in [0, 0.05) is 19.2 Å². The van der Waals surface area contributed by atoms with E-state index in [1.54, 1.807) is 0 Å². The SMILES string of the molecule is C[C@H](Oc1ccc(F)cc1F)C(=O)NNC(=S)NC[C@@H]1CCCO1. The lowest BCUT2D eigenvalue weighted by Crippen LogP contribution is -2.51. The molecule has 132 valence electrons. The normalized spacial score (nSPS) is 17.9. The standard InChI is InChI=1S/C15H19F2N3O3S/c1-9(23-13-5-4-10(16)7-12(13)17)14(21)19-20-15(24)18-8-11-3-2-6-22-11/h4-5,7,9,11H,2-3,6,8H2,1H3,(H,19,21)(H2,18,20,24)/t9-,11-/m0/s1. The summed E-state index contributed by atoms with van der Waals surface area (Å²) in [7, 11) is 0. The van der Waals surface area contributed by atoms with Crippen LogP contribution in [-0.4, -0.2) is 36.4 Å². The lowest BCUT2D eigenvalue weighted by atomic mass is 10.2. The maximum absolute atomic E-state index is 13.5. The van der Waals surface area contributed by atoms with Crippen molar-refractivity contribution in [2.75, 3.05) is 13.2 Å². The largest absolute Gasteiger partial charge is 0.478 e. The van der Waals surface area contributed by atoms with Crippen LogP contribution in [0.2, 0.25) is 0 Å². The number of amides is 1. The van der Waals surface area contributed by atoms with E-state index in [1.807, 2.05) is 0 Å². The Kier molecular flexibility index (Phi) is 6.68. The van der Waals surface area contributed by atoms with Crippen LogP contribution < -0.4 is 20.9 Å². The van der Waals surface area contributed by atoms with Crippen LogP contribution in [-0.2, 0) is 9.53 Å². The number of carbonyl (C=O) groups excluding carboxylic acids is 1. The summed E-state index contributed by atoms with van der Waals surface area (Å²) in [6.45, 7) is 2.73. The van der Waals surface area contributed by atoms with Gasteiger partial charge < -0.3 is 14.8 Å². The highest BCUT2D eigenvalue weighted by atomic mass is 32.1. The summed E-state index contributed by atoms with van der Waals surface area (Å²) in [5.74, 6) is -2.37. The van der Waals surface area contributed by atoms with Gasteiger partial charge in [0.2, 0.25) is 0 Å². The number of halogens is 2. The van der Waals surface area contributed by atoms with E-state index in [-0.39, 0.29) is 17.0 Å². The van der Waals surface area contributed by atoms with Gasteiger partial charge in [-0.25, -0.2) is 8.78 Å². The van der Waals surface area contributed by atoms with Crippen molar-refractivity contribution in [3.8, 4) is 5.75 Å². The molecule has 0 radical (unpaired) electrons. The summed E-state index contributed by atoms with van der Waals surface area (Å²) in [6.07, 6.45) is 1.11. The highest BCUT2D eigenvalue weighted by molar-refractivity contribution is 7.80. The summed E-state index contributed by atoms with van der Waals surface area (Å²) in [5.41, 5.74) is 4.88. The van der Waals surface area contributed by atoms with Crippen LogP contribution in [0.25, 0.3) is 0 Å². The zero-order valence-electron chi connectivity index (χ0n) is 13.1. The van der Waals surface area contributed by atoms with Crippen LogP contribution >= 0.6 is 12.2 Å². The number of hydrogen-bond donors (Lipinski definition) is 3. The molecule has 0 spiro atoms. The third-order valence-electron chi connectivity index (χ3n) is 3.38. The minimum Gasteiger partial charge on any atom is -0.478 e. The van der Waals surface area contributed by atoms with Crippen molar-refractivity contribution in [1.29, 1.82) is 0 Å². The summed E-state index contributed by atoms with van der Waals surface area (Å²) in [5, 5.41) is 3.16. The zero-order valence-corrected chi connectivity index (χ0v) is 13.9. The summed E-state index contributed by atoms with van der Waals surface area (Å²) >= 11 is 5.02. The van der Waals surface area contributed by atoms with Gasteiger partial charge in [0.1, 0.15) is 5.82 Å². The Morgan fingerprint density at radius 1 is 1.46 bits per heavy atom. The lowest BCUT2D eigenvalue weighted by Gasteiger charge is -2.17. The molecule has 0 saturated carbocycles. The number of rotatable bonds is 5. The van der Waals surface area contributed by atoms with Crippen molar-refractivity contribution >= 4 is 23.2 Å². The molecule has 9 heteroatoms. The van der Waals surface area contributed by atoms with Crippen LogP contribution in [0.3, 0.4) is 0 Å². The topological polar surface area (TPSA) is 71.6 Å². The van der Waals surface area contributed by atoms with Crippen molar-refractivity contribution in [3.05, 3.63) is 29.8 Å². The molecule has 3 N–H and O–H groups in total. The van der Waals surface area contributed by atoms with E-state index in [0.29, 0.717) is 12.6 Å². The van der Waals surface area contributed by atoms with Gasteiger partial charge in [0.05, 0.1) is 6.10 Å². The lowest BCUT2D eigenvalue weighted by molar-refractivity contribution is -0.127. The summed E-state index contributed by atoms with van der Waals surface area (Å²) < 4.78 is 36.9. The Labute approximate surface area is 143 Å². The first kappa shape index (κ1) is 18.3. The van der Waals surface area contributed by atoms with E-state index >= 15 is 0 Å².